The summed E-state index contributed by atoms with van der Waals surface area (Å²) < 4.78 is 0. The molecule has 0 bridgehead atoms. The Morgan fingerprint density at radius 2 is 1.56 bits per heavy atom. The Bertz CT molecular complexity index is 578. The van der Waals surface area contributed by atoms with Crippen molar-refractivity contribution in [1.82, 2.24) is 0 Å². The molecule has 2 aromatic carbocycles. The van der Waals surface area contributed by atoms with Gasteiger partial charge in [0.1, 0.15) is 0 Å². The van der Waals surface area contributed by atoms with Crippen LogP contribution in [0.1, 0.15) is 10.4 Å². The highest BCUT2D eigenvalue weighted by Crippen LogP contribution is 2.23. The molecule has 0 heterocycles. The number of hydrogen-bond acceptors (Lipinski definition) is 1. The summed E-state index contributed by atoms with van der Waals surface area (Å²) in [5, 5.41) is 4.13. The molecule has 18 heavy (non-hydrogen) atoms. The van der Waals surface area contributed by atoms with Gasteiger partial charge in [-0.05, 0) is 36.4 Å². The van der Waals surface area contributed by atoms with Crippen molar-refractivity contribution in [2.75, 3.05) is 5.32 Å². The van der Waals surface area contributed by atoms with E-state index in [2.05, 4.69) is 5.32 Å². The molecule has 0 aliphatic heterocycles. The quantitative estimate of drug-likeness (QED) is 0.840. The van der Waals surface area contributed by atoms with E-state index < -0.39 is 0 Å². The predicted octanol–water partition coefficient (Wildman–Crippen LogP) is 4.90. The Morgan fingerprint density at radius 3 is 2.17 bits per heavy atom. The van der Waals surface area contributed by atoms with Gasteiger partial charge in [0.2, 0.25) is 0 Å². The van der Waals surface area contributed by atoms with E-state index in [0.29, 0.717) is 26.3 Å². The van der Waals surface area contributed by atoms with Crippen molar-refractivity contribution in [3.8, 4) is 0 Å². The second-order valence-electron chi connectivity index (χ2n) is 3.62. The summed E-state index contributed by atoms with van der Waals surface area (Å²) >= 11 is 17.5. The largest absolute Gasteiger partial charge is 0.322 e. The molecule has 5 heteroatoms. The van der Waals surface area contributed by atoms with Gasteiger partial charge in [0, 0.05) is 26.3 Å². The second kappa shape index (κ2) is 5.61. The molecule has 0 fully saturated rings. The zero-order chi connectivity index (χ0) is 13.1. The van der Waals surface area contributed by atoms with Crippen molar-refractivity contribution in [3.05, 3.63) is 63.1 Å². The van der Waals surface area contributed by atoms with Gasteiger partial charge in [-0.2, -0.15) is 0 Å². The SMILES string of the molecule is O=C(Nc1cc(Cl)cc(Cl)c1)c1cccc(Cl)c1. The first kappa shape index (κ1) is 13.2. The minimum Gasteiger partial charge on any atom is -0.322 e. The van der Waals surface area contributed by atoms with Crippen LogP contribution in [0.15, 0.2) is 42.5 Å². The van der Waals surface area contributed by atoms with Crippen LogP contribution in [0, 0.1) is 0 Å². The fraction of sp³-hybridized carbons (Fsp3) is 0. The predicted molar refractivity (Wildman–Crippen MR) is 75.9 cm³/mol. The van der Waals surface area contributed by atoms with E-state index in [-0.39, 0.29) is 5.91 Å². The third kappa shape index (κ3) is 3.39. The van der Waals surface area contributed by atoms with Crippen LogP contribution < -0.4 is 5.32 Å². The molecule has 0 saturated heterocycles. The van der Waals surface area contributed by atoms with E-state index in [1.807, 2.05) is 0 Å². The maximum atomic E-state index is 11.9. The van der Waals surface area contributed by atoms with Gasteiger partial charge >= 0.3 is 0 Å². The molecule has 2 aromatic rings. The van der Waals surface area contributed by atoms with Crippen LogP contribution in [-0.2, 0) is 0 Å². The number of carbonyl (C=O) groups excluding carboxylic acids is 1. The number of carbonyl (C=O) groups is 1. The molecule has 92 valence electrons. The average molecular weight is 301 g/mol. The highest BCUT2D eigenvalue weighted by molar-refractivity contribution is 6.35. The molecule has 2 nitrogen and oxygen atoms in total. The minimum atomic E-state index is -0.268. The normalized spacial score (nSPS) is 10.2. The summed E-state index contributed by atoms with van der Waals surface area (Å²) in [4.78, 5) is 11.9. The second-order valence-corrected chi connectivity index (χ2v) is 4.93. The van der Waals surface area contributed by atoms with Crippen molar-refractivity contribution in [2.24, 2.45) is 0 Å². The Morgan fingerprint density at radius 1 is 0.889 bits per heavy atom. The number of nitrogens with one attached hydrogen (secondary N) is 1. The number of halogens is 3. The molecular weight excluding hydrogens is 293 g/mol. The van der Waals surface area contributed by atoms with Gasteiger partial charge in [-0.15, -0.1) is 0 Å². The first-order valence-corrected chi connectivity index (χ1v) is 6.21. The first-order chi connectivity index (χ1) is 8.54. The Balaban J connectivity index is 2.21. The van der Waals surface area contributed by atoms with Crippen LogP contribution in [0.3, 0.4) is 0 Å². The molecule has 0 aliphatic rings. The van der Waals surface area contributed by atoms with Crippen molar-refractivity contribution >= 4 is 46.4 Å². The van der Waals surface area contributed by atoms with Crippen molar-refractivity contribution < 1.29 is 4.79 Å². The van der Waals surface area contributed by atoms with E-state index in [9.17, 15) is 4.79 Å². The van der Waals surface area contributed by atoms with Crippen LogP contribution in [-0.4, -0.2) is 5.91 Å². The van der Waals surface area contributed by atoms with Crippen LogP contribution >= 0.6 is 34.8 Å². The molecule has 0 saturated carbocycles. The zero-order valence-electron chi connectivity index (χ0n) is 9.08. The maximum Gasteiger partial charge on any atom is 0.255 e. The molecule has 0 unspecified atom stereocenters. The van der Waals surface area contributed by atoms with Gasteiger partial charge in [-0.1, -0.05) is 40.9 Å². The standard InChI is InChI=1S/C13H8Cl3NO/c14-9-3-1-2-8(4-9)13(18)17-12-6-10(15)5-11(16)7-12/h1-7H,(H,17,18). The molecule has 0 aliphatic carbocycles. The molecule has 1 amide bonds. The smallest absolute Gasteiger partial charge is 0.255 e. The van der Waals surface area contributed by atoms with Crippen LogP contribution in [0.25, 0.3) is 0 Å². The van der Waals surface area contributed by atoms with Gasteiger partial charge < -0.3 is 5.32 Å². The lowest BCUT2D eigenvalue weighted by molar-refractivity contribution is 0.102. The molecule has 0 radical (unpaired) electrons. The lowest BCUT2D eigenvalue weighted by Gasteiger charge is -2.06. The van der Waals surface area contributed by atoms with Crippen molar-refractivity contribution in [2.45, 2.75) is 0 Å². The Labute approximate surface area is 119 Å². The molecule has 2 rings (SSSR count). The van der Waals surface area contributed by atoms with Crippen LogP contribution in [0.4, 0.5) is 5.69 Å². The topological polar surface area (TPSA) is 29.1 Å². The van der Waals surface area contributed by atoms with Gasteiger partial charge in [-0.3, -0.25) is 4.79 Å². The van der Waals surface area contributed by atoms with Crippen LogP contribution in [0.5, 0.6) is 0 Å². The first-order valence-electron chi connectivity index (χ1n) is 5.07. The van der Waals surface area contributed by atoms with E-state index in [4.69, 9.17) is 34.8 Å². The number of anilines is 1. The number of benzene rings is 2. The summed E-state index contributed by atoms with van der Waals surface area (Å²) in [5.41, 5.74) is 1.01. The molecular formula is C13H8Cl3NO. The molecule has 0 aromatic heterocycles. The van der Waals surface area contributed by atoms with Crippen molar-refractivity contribution in [3.63, 3.8) is 0 Å². The lowest BCUT2D eigenvalue weighted by Crippen LogP contribution is -2.11. The summed E-state index contributed by atoms with van der Waals surface area (Å²) in [6.07, 6.45) is 0. The van der Waals surface area contributed by atoms with E-state index in [1.54, 1.807) is 42.5 Å². The van der Waals surface area contributed by atoms with E-state index in [1.165, 1.54) is 0 Å². The molecule has 1 N–H and O–H groups in total. The molecule has 0 atom stereocenters. The van der Waals surface area contributed by atoms with E-state index in [0.717, 1.165) is 0 Å². The third-order valence-electron chi connectivity index (χ3n) is 2.21. The monoisotopic (exact) mass is 299 g/mol. The van der Waals surface area contributed by atoms with Gasteiger partial charge in [0.15, 0.2) is 0 Å². The Kier molecular flexibility index (Phi) is 4.12. The number of hydrogen-bond donors (Lipinski definition) is 1. The highest BCUT2D eigenvalue weighted by atomic mass is 35.5. The lowest BCUT2D eigenvalue weighted by atomic mass is 10.2. The third-order valence-corrected chi connectivity index (χ3v) is 2.88. The fourth-order valence-corrected chi connectivity index (χ4v) is 2.18. The average Bonchev–Trinajstić information content (AvgIpc) is 2.27. The van der Waals surface area contributed by atoms with E-state index >= 15 is 0 Å². The fourth-order valence-electron chi connectivity index (χ4n) is 1.46. The maximum absolute atomic E-state index is 11.9. The van der Waals surface area contributed by atoms with Gasteiger partial charge in [0.25, 0.3) is 5.91 Å². The van der Waals surface area contributed by atoms with Gasteiger partial charge in [0.05, 0.1) is 0 Å². The summed E-state index contributed by atoms with van der Waals surface area (Å²) in [5.74, 6) is -0.268. The zero-order valence-corrected chi connectivity index (χ0v) is 11.4. The minimum absolute atomic E-state index is 0.268. The Hall–Kier alpha value is -1.22. The molecule has 0 spiro atoms. The number of rotatable bonds is 2. The summed E-state index contributed by atoms with van der Waals surface area (Å²) in [6.45, 7) is 0. The summed E-state index contributed by atoms with van der Waals surface area (Å²) in [7, 11) is 0. The number of amides is 1. The highest BCUT2D eigenvalue weighted by Gasteiger charge is 2.07. The summed E-state index contributed by atoms with van der Waals surface area (Å²) in [6, 6.07) is 11.5. The van der Waals surface area contributed by atoms with Crippen LogP contribution in [0.2, 0.25) is 15.1 Å². The van der Waals surface area contributed by atoms with Crippen molar-refractivity contribution in [1.29, 1.82) is 0 Å². The van der Waals surface area contributed by atoms with Gasteiger partial charge in [-0.25, -0.2) is 0 Å².